The van der Waals surface area contributed by atoms with E-state index in [1.165, 1.54) is 0 Å². The molecular formula is C26H24N2O3S. The van der Waals surface area contributed by atoms with Gasteiger partial charge in [0.2, 0.25) is 0 Å². The molecule has 1 aliphatic carbocycles. The Bertz CT molecular complexity index is 1270. The number of hydrogen-bond donors (Lipinski definition) is 1. The summed E-state index contributed by atoms with van der Waals surface area (Å²) in [5, 5.41) is 6.57. The van der Waals surface area contributed by atoms with E-state index >= 15 is 0 Å². The van der Waals surface area contributed by atoms with Crippen LogP contribution in [0, 0.1) is 5.92 Å². The lowest BCUT2D eigenvalue weighted by molar-refractivity contribution is -0.140. The molecule has 6 heteroatoms. The van der Waals surface area contributed by atoms with Crippen LogP contribution in [0.1, 0.15) is 43.7 Å². The molecule has 1 unspecified atom stereocenters. The number of hydrogen-bond acceptors (Lipinski definition) is 6. The molecule has 0 saturated heterocycles. The van der Waals surface area contributed by atoms with Gasteiger partial charge in [-0.3, -0.25) is 9.78 Å². The molecule has 5 nitrogen and oxygen atoms in total. The Morgan fingerprint density at radius 3 is 2.59 bits per heavy atom. The highest BCUT2D eigenvalue weighted by Crippen LogP contribution is 2.48. The summed E-state index contributed by atoms with van der Waals surface area (Å²) in [5.74, 6) is -0.549. The fraction of sp³-hybridized carbons (Fsp3) is 0.269. The number of rotatable bonds is 6. The molecule has 0 radical (unpaired) electrons. The van der Waals surface area contributed by atoms with E-state index in [1.807, 2.05) is 31.2 Å². The highest BCUT2D eigenvalue weighted by molar-refractivity contribution is 7.17. The lowest BCUT2D eigenvalue weighted by Crippen LogP contribution is -2.32. The first-order valence-electron chi connectivity index (χ1n) is 10.8. The second-order valence-electron chi connectivity index (χ2n) is 8.37. The molecule has 0 amide bonds. The summed E-state index contributed by atoms with van der Waals surface area (Å²) in [5.41, 5.74) is 4.81. The van der Waals surface area contributed by atoms with Crippen molar-refractivity contribution in [2.75, 3.05) is 0 Å². The highest BCUT2D eigenvalue weighted by atomic mass is 32.1. The number of nitrogens with one attached hydrogen (secondary N) is 1. The number of dihydropyridines is 1. The molecule has 1 aliphatic heterocycles. The van der Waals surface area contributed by atoms with Crippen LogP contribution in [0.5, 0.6) is 0 Å². The number of esters is 1. The normalized spacial score (nSPS) is 18.6. The first-order valence-corrected chi connectivity index (χ1v) is 11.7. The highest BCUT2D eigenvalue weighted by Gasteiger charge is 2.42. The van der Waals surface area contributed by atoms with Gasteiger partial charge in [-0.15, -0.1) is 11.3 Å². The third-order valence-electron chi connectivity index (χ3n) is 6.12. The van der Waals surface area contributed by atoms with E-state index in [2.05, 4.69) is 27.8 Å². The zero-order valence-electron chi connectivity index (χ0n) is 18.1. The van der Waals surface area contributed by atoms with Crippen molar-refractivity contribution in [2.24, 2.45) is 5.92 Å². The number of aromatic nitrogens is 1. The summed E-state index contributed by atoms with van der Waals surface area (Å²) in [4.78, 5) is 30.4. The van der Waals surface area contributed by atoms with E-state index in [0.717, 1.165) is 45.4 Å². The van der Waals surface area contributed by atoms with Crippen molar-refractivity contribution in [1.29, 1.82) is 0 Å². The van der Waals surface area contributed by atoms with Crippen LogP contribution in [-0.4, -0.2) is 16.7 Å². The largest absolute Gasteiger partial charge is 0.457 e. The van der Waals surface area contributed by atoms with Gasteiger partial charge in [0.25, 0.3) is 0 Å². The SMILES string of the molecule is CC(=O)C1=C(C)NC(C2CC2)=C(C(=O)OCc2ccncc2)C1c1csc2ccccc12. The van der Waals surface area contributed by atoms with Crippen LogP contribution in [0.15, 0.2) is 76.7 Å². The number of ketones is 1. The van der Waals surface area contributed by atoms with Crippen LogP contribution in [0.2, 0.25) is 0 Å². The monoisotopic (exact) mass is 444 g/mol. The van der Waals surface area contributed by atoms with Crippen molar-refractivity contribution < 1.29 is 14.3 Å². The lowest BCUT2D eigenvalue weighted by Gasteiger charge is -2.31. The van der Waals surface area contributed by atoms with Gasteiger partial charge < -0.3 is 10.1 Å². The summed E-state index contributed by atoms with van der Waals surface area (Å²) in [6.07, 6.45) is 5.42. The number of fused-ring (bicyclic) bond motifs is 1. The molecule has 1 atom stereocenters. The van der Waals surface area contributed by atoms with Crippen molar-refractivity contribution in [3.63, 3.8) is 0 Å². The third kappa shape index (κ3) is 3.75. The van der Waals surface area contributed by atoms with Crippen LogP contribution < -0.4 is 5.32 Å². The molecule has 1 fully saturated rings. The van der Waals surface area contributed by atoms with Gasteiger partial charge in [0.05, 0.1) is 5.57 Å². The van der Waals surface area contributed by atoms with Crippen molar-refractivity contribution in [3.05, 3.63) is 87.8 Å². The molecule has 5 rings (SSSR count). The molecule has 1 saturated carbocycles. The minimum Gasteiger partial charge on any atom is -0.457 e. The smallest absolute Gasteiger partial charge is 0.337 e. The molecule has 1 aromatic carbocycles. The molecule has 2 aromatic heterocycles. The fourth-order valence-corrected chi connectivity index (χ4v) is 5.47. The van der Waals surface area contributed by atoms with Crippen LogP contribution in [0.3, 0.4) is 0 Å². The van der Waals surface area contributed by atoms with Gasteiger partial charge >= 0.3 is 5.97 Å². The van der Waals surface area contributed by atoms with E-state index in [4.69, 9.17) is 4.74 Å². The molecular weight excluding hydrogens is 420 g/mol. The van der Waals surface area contributed by atoms with Gasteiger partial charge in [-0.2, -0.15) is 0 Å². The maximum Gasteiger partial charge on any atom is 0.337 e. The van der Waals surface area contributed by atoms with Gasteiger partial charge in [-0.25, -0.2) is 4.79 Å². The molecule has 0 bridgehead atoms. The summed E-state index contributed by atoms with van der Waals surface area (Å²) in [6, 6.07) is 11.8. The average molecular weight is 445 g/mol. The molecule has 0 spiro atoms. The zero-order chi connectivity index (χ0) is 22.2. The number of thiophene rings is 1. The number of Topliss-reactive ketones (excluding diaryl/α,β-unsaturated/α-hetero) is 1. The Labute approximate surface area is 190 Å². The Hall–Kier alpha value is -3.25. The number of carbonyl (C=O) groups is 2. The number of benzene rings is 1. The zero-order valence-corrected chi connectivity index (χ0v) is 18.9. The molecule has 32 heavy (non-hydrogen) atoms. The molecule has 3 aromatic rings. The first kappa shape index (κ1) is 20.6. The number of pyridine rings is 1. The van der Waals surface area contributed by atoms with Crippen molar-refractivity contribution in [2.45, 2.75) is 39.2 Å². The first-order chi connectivity index (χ1) is 15.5. The predicted molar refractivity (Wildman–Crippen MR) is 125 cm³/mol. The second-order valence-corrected chi connectivity index (χ2v) is 9.28. The van der Waals surface area contributed by atoms with E-state index in [-0.39, 0.29) is 18.4 Å². The number of nitrogens with zero attached hydrogens (tertiary/aromatic N) is 1. The molecule has 1 N–H and O–H groups in total. The van der Waals surface area contributed by atoms with Gasteiger partial charge in [0.15, 0.2) is 5.78 Å². The standard InChI is InChI=1S/C26H24N2O3S/c1-15-22(16(2)29)23(20-14-32-21-6-4-3-5-19(20)21)24(25(28-15)18-7-8-18)26(30)31-13-17-9-11-27-12-10-17/h3-6,9-12,14,18,23,28H,7-8,13H2,1-2H3. The molecule has 3 heterocycles. The lowest BCUT2D eigenvalue weighted by atomic mass is 9.78. The van der Waals surface area contributed by atoms with Crippen LogP contribution in [0.25, 0.3) is 10.1 Å². The maximum atomic E-state index is 13.6. The van der Waals surface area contributed by atoms with Gasteiger partial charge in [0, 0.05) is 40.0 Å². The topological polar surface area (TPSA) is 68.3 Å². The van der Waals surface area contributed by atoms with Gasteiger partial charge in [-0.05, 0) is 72.7 Å². The van der Waals surface area contributed by atoms with E-state index in [0.29, 0.717) is 17.1 Å². The Morgan fingerprint density at radius 1 is 1.12 bits per heavy atom. The fourth-order valence-electron chi connectivity index (χ4n) is 4.48. The average Bonchev–Trinajstić information content (AvgIpc) is 3.56. The summed E-state index contributed by atoms with van der Waals surface area (Å²) in [7, 11) is 0. The summed E-state index contributed by atoms with van der Waals surface area (Å²) >= 11 is 1.64. The Morgan fingerprint density at radius 2 is 1.88 bits per heavy atom. The van der Waals surface area contributed by atoms with Crippen LogP contribution >= 0.6 is 11.3 Å². The summed E-state index contributed by atoms with van der Waals surface area (Å²) < 4.78 is 6.92. The Kier molecular flexibility index (Phi) is 5.39. The maximum absolute atomic E-state index is 13.6. The van der Waals surface area contributed by atoms with E-state index in [9.17, 15) is 9.59 Å². The van der Waals surface area contributed by atoms with Crippen LogP contribution in [0.4, 0.5) is 0 Å². The third-order valence-corrected chi connectivity index (χ3v) is 7.10. The Balaban J connectivity index is 1.62. The second kappa shape index (κ2) is 8.36. The quantitative estimate of drug-likeness (QED) is 0.526. The number of allylic oxidation sites excluding steroid dienone is 3. The van der Waals surface area contributed by atoms with Gasteiger partial charge in [0.1, 0.15) is 6.61 Å². The van der Waals surface area contributed by atoms with Gasteiger partial charge in [-0.1, -0.05) is 18.2 Å². The van der Waals surface area contributed by atoms with E-state index < -0.39 is 5.92 Å². The van der Waals surface area contributed by atoms with Crippen LogP contribution in [-0.2, 0) is 20.9 Å². The van der Waals surface area contributed by atoms with E-state index in [1.54, 1.807) is 30.7 Å². The minimum absolute atomic E-state index is 0.0374. The number of carbonyl (C=O) groups excluding carboxylic acids is 2. The minimum atomic E-state index is -0.439. The molecule has 2 aliphatic rings. The van der Waals surface area contributed by atoms with Crippen molar-refractivity contribution in [3.8, 4) is 0 Å². The predicted octanol–water partition coefficient (Wildman–Crippen LogP) is 5.25. The number of ether oxygens (including phenoxy) is 1. The summed E-state index contributed by atoms with van der Waals surface area (Å²) in [6.45, 7) is 3.67. The van der Waals surface area contributed by atoms with Crippen molar-refractivity contribution in [1.82, 2.24) is 10.3 Å². The van der Waals surface area contributed by atoms with Crippen molar-refractivity contribution >= 4 is 33.2 Å². The molecule has 162 valence electrons.